The topological polar surface area (TPSA) is 28.7 Å². The zero-order chi connectivity index (χ0) is 6.27. The minimum absolute atomic E-state index is 0.747. The van der Waals surface area contributed by atoms with Crippen LogP contribution in [0.2, 0.25) is 0 Å². The largest absolute Gasteiger partial charge is 0.282 e. The summed E-state index contributed by atoms with van der Waals surface area (Å²) in [5.41, 5.74) is 2.12. The molecule has 1 aliphatic carbocycles. The van der Waals surface area contributed by atoms with Crippen LogP contribution in [0.15, 0.2) is 6.07 Å². The highest BCUT2D eigenvalue weighted by Crippen LogP contribution is 2.38. The molecule has 2 rings (SSSR count). The molecule has 1 aromatic heterocycles. The van der Waals surface area contributed by atoms with E-state index in [-0.39, 0.29) is 0 Å². The highest BCUT2D eigenvalue weighted by Gasteiger charge is 2.25. The molecule has 0 aromatic carbocycles. The quantitative estimate of drug-likeness (QED) is 0.598. The molecule has 1 fully saturated rings. The number of aromatic amines is 1. The lowest BCUT2D eigenvalue weighted by atomic mass is 10.3. The van der Waals surface area contributed by atoms with Gasteiger partial charge in [-0.15, -0.1) is 0 Å². The number of H-pyrrole nitrogens is 1. The van der Waals surface area contributed by atoms with E-state index in [2.05, 4.69) is 17.1 Å². The lowest BCUT2D eigenvalue weighted by Gasteiger charge is -1.81. The molecule has 9 heavy (non-hydrogen) atoms. The second-order valence-electron chi connectivity index (χ2n) is 2.59. The van der Waals surface area contributed by atoms with Crippen LogP contribution >= 0.6 is 0 Å². The number of hydrogen-bond acceptors (Lipinski definition) is 1. The second kappa shape index (κ2) is 1.59. The lowest BCUT2D eigenvalue weighted by Crippen LogP contribution is -1.75. The third kappa shape index (κ3) is 0.846. The van der Waals surface area contributed by atoms with Crippen LogP contribution in [0.5, 0.6) is 0 Å². The first-order valence-corrected chi connectivity index (χ1v) is 3.23. The Hall–Kier alpha value is -0.790. The zero-order valence-corrected chi connectivity index (χ0v) is 5.22. The molecule has 2 nitrogen and oxygen atoms in total. The Bertz CT molecular complexity index is 210. The van der Waals surface area contributed by atoms with E-state index in [4.69, 9.17) is 0 Å². The lowest BCUT2D eigenvalue weighted by molar-refractivity contribution is 0.960. The van der Waals surface area contributed by atoms with Crippen molar-refractivity contribution in [3.63, 3.8) is 0 Å². The van der Waals surface area contributed by atoms with Gasteiger partial charge in [0.1, 0.15) is 0 Å². The molecule has 2 heteroatoms. The van der Waals surface area contributed by atoms with Crippen molar-refractivity contribution in [2.24, 2.45) is 0 Å². The van der Waals surface area contributed by atoms with E-state index < -0.39 is 0 Å². The van der Waals surface area contributed by atoms with Crippen LogP contribution < -0.4 is 0 Å². The Morgan fingerprint density at radius 1 is 1.67 bits per heavy atom. The highest BCUT2D eigenvalue weighted by molar-refractivity contribution is 5.18. The summed E-state index contributed by atoms with van der Waals surface area (Å²) >= 11 is 0. The summed E-state index contributed by atoms with van der Waals surface area (Å²) in [4.78, 5) is 0. The first kappa shape index (κ1) is 5.03. The molecular formula is C7H9N2. The zero-order valence-electron chi connectivity index (χ0n) is 5.22. The molecule has 1 saturated carbocycles. The van der Waals surface area contributed by atoms with Crippen molar-refractivity contribution in [1.82, 2.24) is 10.2 Å². The van der Waals surface area contributed by atoms with Gasteiger partial charge in [0.2, 0.25) is 0 Å². The molecule has 0 amide bonds. The molecule has 1 N–H and O–H groups in total. The minimum atomic E-state index is 0.747. The number of hydrogen-bond donors (Lipinski definition) is 1. The van der Waals surface area contributed by atoms with Gasteiger partial charge in [-0.25, -0.2) is 0 Å². The number of rotatable bonds is 1. The van der Waals surface area contributed by atoms with Gasteiger partial charge >= 0.3 is 0 Å². The Balaban J connectivity index is 2.28. The van der Waals surface area contributed by atoms with Gasteiger partial charge in [0.15, 0.2) is 0 Å². The Morgan fingerprint density at radius 2 is 2.44 bits per heavy atom. The van der Waals surface area contributed by atoms with Crippen molar-refractivity contribution in [3.8, 4) is 0 Å². The molecule has 1 heterocycles. The first-order chi connectivity index (χ1) is 4.36. The van der Waals surface area contributed by atoms with E-state index in [1.54, 1.807) is 0 Å². The van der Waals surface area contributed by atoms with Crippen molar-refractivity contribution in [1.29, 1.82) is 0 Å². The molecule has 1 aromatic rings. The maximum absolute atomic E-state index is 4.09. The van der Waals surface area contributed by atoms with Gasteiger partial charge < -0.3 is 0 Å². The SMILES string of the molecule is [CH2]c1cc(C2CC2)n[nH]1. The molecule has 0 bridgehead atoms. The highest BCUT2D eigenvalue weighted by atomic mass is 15.1. The molecule has 0 aliphatic heterocycles. The molecule has 47 valence electrons. The normalized spacial score (nSPS) is 18.3. The van der Waals surface area contributed by atoms with Gasteiger partial charge in [-0.1, -0.05) is 0 Å². The first-order valence-electron chi connectivity index (χ1n) is 3.23. The summed E-state index contributed by atoms with van der Waals surface area (Å²) in [7, 11) is 0. The minimum Gasteiger partial charge on any atom is -0.282 e. The van der Waals surface area contributed by atoms with Crippen molar-refractivity contribution in [2.75, 3.05) is 0 Å². The van der Waals surface area contributed by atoms with Crippen LogP contribution in [0.1, 0.15) is 30.1 Å². The van der Waals surface area contributed by atoms with Crippen LogP contribution in [0.4, 0.5) is 0 Å². The van der Waals surface area contributed by atoms with Crippen molar-refractivity contribution >= 4 is 0 Å². The third-order valence-electron chi connectivity index (χ3n) is 1.65. The summed E-state index contributed by atoms with van der Waals surface area (Å²) < 4.78 is 0. The predicted molar refractivity (Wildman–Crippen MR) is 35.0 cm³/mol. The number of aromatic nitrogens is 2. The summed E-state index contributed by atoms with van der Waals surface area (Å²) in [6.45, 7) is 3.73. The maximum Gasteiger partial charge on any atom is 0.0655 e. The van der Waals surface area contributed by atoms with Crippen LogP contribution in [0, 0.1) is 6.92 Å². The van der Waals surface area contributed by atoms with E-state index >= 15 is 0 Å². The molecule has 1 radical (unpaired) electrons. The summed E-state index contributed by atoms with van der Waals surface area (Å²) in [6, 6.07) is 2.03. The third-order valence-corrected chi connectivity index (χ3v) is 1.65. The van der Waals surface area contributed by atoms with Crippen molar-refractivity contribution in [3.05, 3.63) is 24.4 Å². The maximum atomic E-state index is 4.09. The Morgan fingerprint density at radius 3 is 2.89 bits per heavy atom. The van der Waals surface area contributed by atoms with Gasteiger partial charge in [0.05, 0.1) is 5.69 Å². The molecule has 0 spiro atoms. The van der Waals surface area contributed by atoms with Gasteiger partial charge in [-0.3, -0.25) is 5.10 Å². The molecule has 0 saturated heterocycles. The Labute approximate surface area is 54.3 Å². The van der Waals surface area contributed by atoms with E-state index in [1.807, 2.05) is 6.07 Å². The molecule has 1 aliphatic rings. The average molecular weight is 121 g/mol. The van der Waals surface area contributed by atoms with Crippen LogP contribution in [-0.4, -0.2) is 10.2 Å². The standard InChI is InChI=1S/C7H9N2/c1-5-4-7(9-8-5)6-2-3-6/h4,6H,1-3H2,(H,8,9). The number of nitrogens with zero attached hydrogens (tertiary/aromatic N) is 1. The molecular weight excluding hydrogens is 112 g/mol. The van der Waals surface area contributed by atoms with Crippen molar-refractivity contribution in [2.45, 2.75) is 18.8 Å². The van der Waals surface area contributed by atoms with Gasteiger partial charge in [0.25, 0.3) is 0 Å². The van der Waals surface area contributed by atoms with Gasteiger partial charge in [-0.2, -0.15) is 5.10 Å². The van der Waals surface area contributed by atoms with Crippen LogP contribution in [0.3, 0.4) is 0 Å². The van der Waals surface area contributed by atoms with E-state index in [0.29, 0.717) is 0 Å². The van der Waals surface area contributed by atoms with Gasteiger partial charge in [0, 0.05) is 11.6 Å². The molecule has 0 unspecified atom stereocenters. The fourth-order valence-electron chi connectivity index (χ4n) is 0.968. The van der Waals surface area contributed by atoms with Crippen LogP contribution in [0.25, 0.3) is 0 Å². The summed E-state index contributed by atoms with van der Waals surface area (Å²) in [6.07, 6.45) is 2.62. The fraction of sp³-hybridized carbons (Fsp3) is 0.429. The predicted octanol–water partition coefficient (Wildman–Crippen LogP) is 1.47. The van der Waals surface area contributed by atoms with Crippen molar-refractivity contribution < 1.29 is 0 Å². The summed E-state index contributed by atoms with van der Waals surface area (Å²) in [5, 5.41) is 6.92. The number of nitrogens with one attached hydrogen (secondary N) is 1. The van der Waals surface area contributed by atoms with E-state index in [9.17, 15) is 0 Å². The van der Waals surface area contributed by atoms with E-state index in [1.165, 1.54) is 18.5 Å². The average Bonchev–Trinajstić information content (AvgIpc) is 2.58. The van der Waals surface area contributed by atoms with E-state index in [0.717, 1.165) is 11.6 Å². The second-order valence-corrected chi connectivity index (χ2v) is 2.59. The van der Waals surface area contributed by atoms with Crippen LogP contribution in [-0.2, 0) is 0 Å². The smallest absolute Gasteiger partial charge is 0.0655 e. The molecule has 0 atom stereocenters. The fourth-order valence-corrected chi connectivity index (χ4v) is 0.968. The monoisotopic (exact) mass is 121 g/mol. The van der Waals surface area contributed by atoms with Gasteiger partial charge in [-0.05, 0) is 25.8 Å². The Kier molecular flexibility index (Phi) is 0.891. The summed E-state index contributed by atoms with van der Waals surface area (Å²) in [5.74, 6) is 0.747.